The van der Waals surface area contributed by atoms with E-state index < -0.39 is 10.0 Å². The molecular weight excluding hydrogens is 275 g/mol. The molecule has 2 aromatic rings. The maximum absolute atomic E-state index is 12.1. The summed E-state index contributed by atoms with van der Waals surface area (Å²) in [6, 6.07) is 14.6. The Hall–Kier alpha value is -2.28. The molecule has 102 valence electrons. The molecule has 5 nitrogen and oxygen atoms in total. The Morgan fingerprint density at radius 3 is 2.05 bits per heavy atom. The first kappa shape index (κ1) is 14.1. The van der Waals surface area contributed by atoms with Crippen LogP contribution in [-0.4, -0.2) is 22.1 Å². The lowest BCUT2D eigenvalue weighted by atomic mass is 10.1. The van der Waals surface area contributed by atoms with Crippen LogP contribution in [0.5, 0.6) is 0 Å². The maximum Gasteiger partial charge on any atom is 0.261 e. The summed E-state index contributed by atoms with van der Waals surface area (Å²) in [4.78, 5) is 11.0. The van der Waals surface area contributed by atoms with Gasteiger partial charge in [-0.05, 0) is 36.4 Å². The van der Waals surface area contributed by atoms with E-state index in [2.05, 4.69) is 10.0 Å². The average molecular weight is 288 g/mol. The van der Waals surface area contributed by atoms with Crippen molar-refractivity contribution >= 4 is 35.1 Å². The highest BCUT2D eigenvalue weighted by Crippen LogP contribution is 2.17. The van der Waals surface area contributed by atoms with Gasteiger partial charge in [0.25, 0.3) is 10.0 Å². The Labute approximate surface area is 118 Å². The molecule has 7 heteroatoms. The normalized spacial score (nSPS) is 10.8. The number of amides is 1. The molecule has 0 aromatic heterocycles. The van der Waals surface area contributed by atoms with Gasteiger partial charge < -0.3 is 5.32 Å². The average Bonchev–Trinajstić information content (AvgIpc) is 2.39. The first-order valence-electron chi connectivity index (χ1n) is 5.93. The SMILES string of the molecule is BC(=O)Nc1ccc(S(=O)(=O)Nc2ccccc2)cc1. The molecule has 20 heavy (non-hydrogen) atoms. The summed E-state index contributed by atoms with van der Waals surface area (Å²) in [5, 5.41) is 2.58. The van der Waals surface area contributed by atoms with Gasteiger partial charge in [-0.1, -0.05) is 18.2 Å². The van der Waals surface area contributed by atoms with Crippen molar-refractivity contribution < 1.29 is 13.2 Å². The van der Waals surface area contributed by atoms with Crippen molar-refractivity contribution in [1.82, 2.24) is 0 Å². The van der Waals surface area contributed by atoms with Gasteiger partial charge >= 0.3 is 0 Å². The van der Waals surface area contributed by atoms with Crippen LogP contribution < -0.4 is 10.0 Å². The molecule has 0 unspecified atom stereocenters. The molecule has 0 aliphatic rings. The van der Waals surface area contributed by atoms with Crippen LogP contribution in [0.4, 0.5) is 16.2 Å². The molecule has 0 atom stereocenters. The molecule has 0 heterocycles. The van der Waals surface area contributed by atoms with Crippen LogP contribution in [0.1, 0.15) is 0 Å². The molecule has 0 aliphatic carbocycles. The highest BCUT2D eigenvalue weighted by atomic mass is 32.2. The summed E-state index contributed by atoms with van der Waals surface area (Å²) < 4.78 is 26.8. The predicted octanol–water partition coefficient (Wildman–Crippen LogP) is 1.65. The molecule has 0 bridgehead atoms. The first-order chi connectivity index (χ1) is 9.47. The molecule has 0 radical (unpaired) electrons. The summed E-state index contributed by atoms with van der Waals surface area (Å²) in [5.41, 5.74) is 1.05. The van der Waals surface area contributed by atoms with Gasteiger partial charge in [-0.15, -0.1) is 0 Å². The number of nitrogens with one attached hydrogen (secondary N) is 2. The van der Waals surface area contributed by atoms with Crippen molar-refractivity contribution in [2.75, 3.05) is 10.0 Å². The predicted molar refractivity (Wildman–Crippen MR) is 81.3 cm³/mol. The van der Waals surface area contributed by atoms with Crippen molar-refractivity contribution in [2.45, 2.75) is 4.90 Å². The number of anilines is 2. The second kappa shape index (κ2) is 5.79. The zero-order chi connectivity index (χ0) is 14.6. The molecule has 0 aliphatic heterocycles. The summed E-state index contributed by atoms with van der Waals surface area (Å²) in [6.07, 6.45) is 0. The van der Waals surface area contributed by atoms with Crippen LogP contribution >= 0.6 is 0 Å². The van der Waals surface area contributed by atoms with Crippen LogP contribution in [0.3, 0.4) is 0 Å². The zero-order valence-corrected chi connectivity index (χ0v) is 11.6. The van der Waals surface area contributed by atoms with Crippen molar-refractivity contribution in [3.63, 3.8) is 0 Å². The largest absolute Gasteiger partial charge is 0.335 e. The Kier molecular flexibility index (Phi) is 4.09. The Bertz CT molecular complexity index is 700. The molecule has 0 fully saturated rings. The highest BCUT2D eigenvalue weighted by molar-refractivity contribution is 7.92. The van der Waals surface area contributed by atoms with E-state index in [0.717, 1.165) is 0 Å². The van der Waals surface area contributed by atoms with Gasteiger partial charge in [0.1, 0.15) is 0 Å². The minimum atomic E-state index is -3.62. The summed E-state index contributed by atoms with van der Waals surface area (Å²) in [7, 11) is -2.23. The number of benzene rings is 2. The fraction of sp³-hybridized carbons (Fsp3) is 0. The second-order valence-electron chi connectivity index (χ2n) is 4.18. The fourth-order valence-electron chi connectivity index (χ4n) is 1.64. The van der Waals surface area contributed by atoms with Gasteiger partial charge in [0, 0.05) is 11.4 Å². The minimum Gasteiger partial charge on any atom is -0.335 e. The lowest BCUT2D eigenvalue weighted by molar-refractivity contribution is 0.269. The smallest absolute Gasteiger partial charge is 0.261 e. The summed E-state index contributed by atoms with van der Waals surface area (Å²) in [5.74, 6) is -0.206. The quantitative estimate of drug-likeness (QED) is 0.840. The molecule has 0 saturated heterocycles. The van der Waals surface area contributed by atoms with Crippen molar-refractivity contribution in [3.8, 4) is 0 Å². The Morgan fingerprint density at radius 1 is 0.900 bits per heavy atom. The van der Waals surface area contributed by atoms with E-state index in [1.54, 1.807) is 42.5 Å². The topological polar surface area (TPSA) is 75.3 Å². The van der Waals surface area contributed by atoms with Gasteiger partial charge in [-0.2, -0.15) is 0 Å². The van der Waals surface area contributed by atoms with E-state index in [1.807, 2.05) is 0 Å². The Morgan fingerprint density at radius 2 is 1.50 bits per heavy atom. The van der Waals surface area contributed by atoms with Crippen LogP contribution in [0, 0.1) is 0 Å². The molecule has 0 spiro atoms. The molecule has 1 amide bonds. The third-order valence-electron chi connectivity index (χ3n) is 2.51. The number of carbonyl (C=O) groups excluding carboxylic acids is 1. The third-order valence-corrected chi connectivity index (χ3v) is 3.91. The second-order valence-corrected chi connectivity index (χ2v) is 5.86. The monoisotopic (exact) mass is 288 g/mol. The van der Waals surface area contributed by atoms with Gasteiger partial charge in [-0.25, -0.2) is 8.42 Å². The van der Waals surface area contributed by atoms with E-state index in [4.69, 9.17) is 0 Å². The van der Waals surface area contributed by atoms with Crippen LogP contribution in [0.25, 0.3) is 0 Å². The number of rotatable bonds is 4. The molecule has 2 aromatic carbocycles. The highest BCUT2D eigenvalue weighted by Gasteiger charge is 2.13. The molecular formula is C13H13BN2O3S. The number of hydrogen-bond donors (Lipinski definition) is 2. The summed E-state index contributed by atoms with van der Waals surface area (Å²) >= 11 is 0. The molecule has 0 saturated carbocycles. The van der Waals surface area contributed by atoms with Crippen molar-refractivity contribution in [2.24, 2.45) is 0 Å². The molecule has 2 N–H and O–H groups in total. The minimum absolute atomic E-state index is 0.135. The standard InChI is InChI=1S/C13H13BN2O3S/c14-13(17)15-10-6-8-12(9-7-10)20(18,19)16-11-4-2-1-3-5-11/h1-9,16H,14H2,(H,15,17). The van der Waals surface area contributed by atoms with E-state index in [-0.39, 0.29) is 10.7 Å². The van der Waals surface area contributed by atoms with Crippen molar-refractivity contribution in [3.05, 3.63) is 54.6 Å². The first-order valence-corrected chi connectivity index (χ1v) is 7.41. The van der Waals surface area contributed by atoms with Crippen LogP contribution in [0.2, 0.25) is 0 Å². The number of hydrogen-bond acceptors (Lipinski definition) is 3. The molecule has 2 rings (SSSR count). The van der Waals surface area contributed by atoms with E-state index in [0.29, 0.717) is 11.4 Å². The van der Waals surface area contributed by atoms with Crippen LogP contribution in [-0.2, 0) is 10.0 Å². The fourth-order valence-corrected chi connectivity index (χ4v) is 2.70. The lowest BCUT2D eigenvalue weighted by Crippen LogP contribution is -2.13. The van der Waals surface area contributed by atoms with Gasteiger partial charge in [0.2, 0.25) is 7.85 Å². The number of carbonyl (C=O) groups is 1. The van der Waals surface area contributed by atoms with Crippen molar-refractivity contribution in [1.29, 1.82) is 0 Å². The van der Waals surface area contributed by atoms with E-state index in [1.165, 1.54) is 20.0 Å². The van der Waals surface area contributed by atoms with E-state index >= 15 is 0 Å². The van der Waals surface area contributed by atoms with Gasteiger partial charge in [0.05, 0.1) is 4.90 Å². The lowest BCUT2D eigenvalue weighted by Gasteiger charge is -2.08. The zero-order valence-electron chi connectivity index (χ0n) is 10.8. The van der Waals surface area contributed by atoms with Gasteiger partial charge in [0.15, 0.2) is 5.81 Å². The van der Waals surface area contributed by atoms with Gasteiger partial charge in [-0.3, -0.25) is 9.52 Å². The number of sulfonamides is 1. The summed E-state index contributed by atoms with van der Waals surface area (Å²) in [6.45, 7) is 0. The third kappa shape index (κ3) is 3.61. The van der Waals surface area contributed by atoms with Crippen LogP contribution in [0.15, 0.2) is 59.5 Å². The Balaban J connectivity index is 2.19. The number of para-hydroxylation sites is 1. The van der Waals surface area contributed by atoms with E-state index in [9.17, 15) is 13.2 Å². The maximum atomic E-state index is 12.1.